The van der Waals surface area contributed by atoms with E-state index in [1.165, 1.54) is 0 Å². The molecule has 0 unspecified atom stereocenters. The summed E-state index contributed by atoms with van der Waals surface area (Å²) in [7, 11) is -1.43. The van der Waals surface area contributed by atoms with Crippen molar-refractivity contribution in [3.8, 4) is 0 Å². The molecule has 0 aromatic heterocycles. The van der Waals surface area contributed by atoms with E-state index in [-0.39, 0.29) is 0 Å². The summed E-state index contributed by atoms with van der Waals surface area (Å²) < 4.78 is 12.6. The van der Waals surface area contributed by atoms with E-state index < -0.39 is 10.8 Å². The first-order valence-corrected chi connectivity index (χ1v) is 7.80. The Morgan fingerprint density at radius 2 is 1.21 bits per heavy atom. The van der Waals surface area contributed by atoms with Gasteiger partial charge in [-0.1, -0.05) is 46.4 Å². The third-order valence-corrected chi connectivity index (χ3v) is 5.16. The van der Waals surface area contributed by atoms with Crippen LogP contribution in [0.15, 0.2) is 34.1 Å². The normalized spacial score (nSPS) is 13.7. The fourth-order valence-electron chi connectivity index (χ4n) is 1.88. The number of nitrogens with one attached hydrogen (secondary N) is 1. The van der Waals surface area contributed by atoms with Gasteiger partial charge in [-0.15, -0.1) is 0 Å². The van der Waals surface area contributed by atoms with Gasteiger partial charge >= 0.3 is 0 Å². The number of hydrogen-bond donors (Lipinski definition) is 1. The van der Waals surface area contributed by atoms with Crippen LogP contribution in [0.1, 0.15) is 0 Å². The van der Waals surface area contributed by atoms with Gasteiger partial charge in [0.05, 0.1) is 42.0 Å². The molecule has 1 aliphatic rings. The Hall–Kier alpha value is -0.450. The molecule has 0 bridgehead atoms. The van der Waals surface area contributed by atoms with Crippen LogP contribution in [-0.2, 0) is 10.8 Å². The van der Waals surface area contributed by atoms with Gasteiger partial charge in [0, 0.05) is 10.0 Å². The molecule has 7 heteroatoms. The molecule has 1 aliphatic heterocycles. The highest BCUT2D eigenvalue weighted by molar-refractivity contribution is 7.85. The minimum atomic E-state index is -1.43. The number of fused-ring (bicyclic) bond motifs is 2. The quantitative estimate of drug-likeness (QED) is 0.576. The highest BCUT2D eigenvalue weighted by Gasteiger charge is 2.26. The molecule has 2 nitrogen and oxygen atoms in total. The van der Waals surface area contributed by atoms with Crippen molar-refractivity contribution in [1.29, 1.82) is 0 Å². The fourth-order valence-corrected chi connectivity index (χ4v) is 4.60. The number of hydrogen-bond acceptors (Lipinski definition) is 2. The molecular formula is C12H5Cl4NOS. The molecule has 3 rings (SSSR count). The van der Waals surface area contributed by atoms with Gasteiger partial charge in [-0.2, -0.15) is 0 Å². The van der Waals surface area contributed by atoms with Gasteiger partial charge in [0.25, 0.3) is 0 Å². The minimum Gasteiger partial charge on any atom is -0.351 e. The maximum Gasteiger partial charge on any atom is 0.0894 e. The van der Waals surface area contributed by atoms with E-state index in [0.29, 0.717) is 41.3 Å². The second-order valence-electron chi connectivity index (χ2n) is 3.92. The maximum atomic E-state index is 12.6. The van der Waals surface area contributed by atoms with Crippen molar-refractivity contribution in [3.05, 3.63) is 44.4 Å². The van der Waals surface area contributed by atoms with Crippen LogP contribution in [0.3, 0.4) is 0 Å². The summed E-state index contributed by atoms with van der Waals surface area (Å²) in [6, 6.07) is 6.40. The van der Waals surface area contributed by atoms with Crippen molar-refractivity contribution in [2.45, 2.75) is 9.79 Å². The van der Waals surface area contributed by atoms with Crippen LogP contribution in [-0.4, -0.2) is 4.21 Å². The predicted molar refractivity (Wildman–Crippen MR) is 80.9 cm³/mol. The summed E-state index contributed by atoms with van der Waals surface area (Å²) in [5.41, 5.74) is 1.11. The summed E-state index contributed by atoms with van der Waals surface area (Å²) in [5, 5.41) is 4.73. The number of halogens is 4. The Labute approximate surface area is 132 Å². The number of anilines is 2. The second kappa shape index (κ2) is 4.83. The van der Waals surface area contributed by atoms with E-state index in [1.807, 2.05) is 0 Å². The first-order valence-electron chi connectivity index (χ1n) is 5.14. The zero-order valence-electron chi connectivity index (χ0n) is 9.14. The second-order valence-corrected chi connectivity index (χ2v) is 7.02. The third kappa shape index (κ3) is 2.24. The van der Waals surface area contributed by atoms with Crippen molar-refractivity contribution in [2.75, 3.05) is 5.32 Å². The summed E-state index contributed by atoms with van der Waals surface area (Å²) in [4.78, 5) is 1.03. The van der Waals surface area contributed by atoms with Gasteiger partial charge in [-0.3, -0.25) is 0 Å². The molecule has 0 aliphatic carbocycles. The Kier molecular flexibility index (Phi) is 3.44. The topological polar surface area (TPSA) is 29.1 Å². The molecule has 0 fully saturated rings. The number of rotatable bonds is 0. The lowest BCUT2D eigenvalue weighted by molar-refractivity contribution is 0.683. The molecule has 2 aromatic rings. The van der Waals surface area contributed by atoms with E-state index in [2.05, 4.69) is 5.32 Å². The molecule has 1 heterocycles. The Morgan fingerprint density at radius 3 is 1.63 bits per heavy atom. The zero-order chi connectivity index (χ0) is 13.7. The van der Waals surface area contributed by atoms with Gasteiger partial charge in [-0.05, 0) is 24.3 Å². The van der Waals surface area contributed by atoms with E-state index in [9.17, 15) is 4.21 Å². The van der Waals surface area contributed by atoms with Crippen LogP contribution < -0.4 is 5.32 Å². The van der Waals surface area contributed by atoms with Gasteiger partial charge in [0.15, 0.2) is 0 Å². The summed E-state index contributed by atoms with van der Waals surface area (Å²) >= 11 is 24.1. The molecule has 0 radical (unpaired) electrons. The maximum absolute atomic E-state index is 12.6. The smallest absolute Gasteiger partial charge is 0.0894 e. The first-order chi connectivity index (χ1) is 8.97. The van der Waals surface area contributed by atoms with Crippen molar-refractivity contribution in [2.24, 2.45) is 0 Å². The van der Waals surface area contributed by atoms with E-state index >= 15 is 0 Å². The Balaban J connectivity index is 2.29. The zero-order valence-corrected chi connectivity index (χ0v) is 13.0. The predicted octanol–water partition coefficient (Wildman–Crippen LogP) is 5.52. The first kappa shape index (κ1) is 13.5. The summed E-state index contributed by atoms with van der Waals surface area (Å²) in [6.07, 6.45) is 0. The molecule has 1 N–H and O–H groups in total. The van der Waals surface area contributed by atoms with Crippen molar-refractivity contribution < 1.29 is 4.21 Å². The van der Waals surface area contributed by atoms with Crippen LogP contribution in [0.25, 0.3) is 0 Å². The molecule has 0 atom stereocenters. The lowest BCUT2D eigenvalue weighted by atomic mass is 10.2. The van der Waals surface area contributed by atoms with Gasteiger partial charge < -0.3 is 5.32 Å². The van der Waals surface area contributed by atoms with Gasteiger partial charge in [0.2, 0.25) is 0 Å². The van der Waals surface area contributed by atoms with Gasteiger partial charge in [-0.25, -0.2) is 4.21 Å². The molecule has 0 saturated heterocycles. The lowest BCUT2D eigenvalue weighted by Gasteiger charge is -2.23. The van der Waals surface area contributed by atoms with Crippen molar-refractivity contribution in [3.63, 3.8) is 0 Å². The lowest BCUT2D eigenvalue weighted by Crippen LogP contribution is -2.09. The molecule has 0 saturated carbocycles. The third-order valence-electron chi connectivity index (χ3n) is 2.69. The van der Waals surface area contributed by atoms with Crippen LogP contribution in [0.2, 0.25) is 20.1 Å². The SMILES string of the molecule is O=S1c2cc(Cl)cc(Cl)c2Nc2c(Cl)cc(Cl)cc21. The van der Waals surface area contributed by atoms with E-state index in [1.54, 1.807) is 24.3 Å². The summed E-state index contributed by atoms with van der Waals surface area (Å²) in [5.74, 6) is 0. The van der Waals surface area contributed by atoms with Crippen molar-refractivity contribution in [1.82, 2.24) is 0 Å². The molecule has 0 spiro atoms. The molecule has 0 amide bonds. The number of benzene rings is 2. The highest BCUT2D eigenvalue weighted by Crippen LogP contribution is 2.45. The van der Waals surface area contributed by atoms with Gasteiger partial charge in [0.1, 0.15) is 0 Å². The summed E-state index contributed by atoms with van der Waals surface area (Å²) in [6.45, 7) is 0. The van der Waals surface area contributed by atoms with E-state index in [0.717, 1.165) is 0 Å². The largest absolute Gasteiger partial charge is 0.351 e. The van der Waals surface area contributed by atoms with Crippen LogP contribution >= 0.6 is 46.4 Å². The van der Waals surface area contributed by atoms with Crippen LogP contribution in [0, 0.1) is 0 Å². The van der Waals surface area contributed by atoms with Crippen LogP contribution in [0.4, 0.5) is 11.4 Å². The average Bonchev–Trinajstić information content (AvgIpc) is 2.32. The molecular weight excluding hydrogens is 348 g/mol. The molecule has 2 aromatic carbocycles. The standard InChI is InChI=1S/C12H5Cl4NOS/c13-5-1-7(15)11-9(3-5)19(18)10-4-6(14)2-8(16)12(10)17-11/h1-4,17H. The van der Waals surface area contributed by atoms with E-state index in [4.69, 9.17) is 46.4 Å². The molecule has 19 heavy (non-hydrogen) atoms. The Bertz CT molecular complexity index is 673. The van der Waals surface area contributed by atoms with Crippen molar-refractivity contribution >= 4 is 68.6 Å². The highest BCUT2D eigenvalue weighted by atomic mass is 35.5. The average molecular weight is 353 g/mol. The van der Waals surface area contributed by atoms with Crippen LogP contribution in [0.5, 0.6) is 0 Å². The Morgan fingerprint density at radius 1 is 0.789 bits per heavy atom. The molecule has 98 valence electrons. The minimum absolute atomic E-state index is 0.396. The fraction of sp³-hybridized carbons (Fsp3) is 0. The monoisotopic (exact) mass is 351 g/mol.